The van der Waals surface area contributed by atoms with Crippen molar-refractivity contribution in [2.24, 2.45) is 11.7 Å². The Kier molecular flexibility index (Phi) is 6.80. The predicted molar refractivity (Wildman–Crippen MR) is 87.3 cm³/mol. The lowest BCUT2D eigenvalue weighted by molar-refractivity contribution is -0.123. The molecule has 0 radical (unpaired) electrons. The highest BCUT2D eigenvalue weighted by atomic mass is 16.5. The topological polar surface area (TPSA) is 107 Å². The van der Waals surface area contributed by atoms with E-state index in [1.165, 1.54) is 0 Å². The Morgan fingerprint density at radius 3 is 2.67 bits per heavy atom. The molecular formula is C16H24N4O4. The highest BCUT2D eigenvalue weighted by Gasteiger charge is 2.25. The molecule has 2 heterocycles. The highest BCUT2D eigenvalue weighted by molar-refractivity contribution is 5.78. The van der Waals surface area contributed by atoms with Gasteiger partial charge in [0, 0.05) is 44.9 Å². The number of aromatic nitrogens is 1. The smallest absolute Gasteiger partial charge is 0.317 e. The number of ether oxygens (including phenoxy) is 2. The van der Waals surface area contributed by atoms with Gasteiger partial charge in [-0.25, -0.2) is 9.78 Å². The molecule has 0 atom stereocenters. The van der Waals surface area contributed by atoms with E-state index in [1.54, 1.807) is 24.3 Å². The second kappa shape index (κ2) is 9.07. The molecule has 1 aliphatic rings. The van der Waals surface area contributed by atoms with Crippen molar-refractivity contribution < 1.29 is 19.1 Å². The van der Waals surface area contributed by atoms with Crippen molar-refractivity contribution in [3.63, 3.8) is 0 Å². The Hall–Kier alpha value is -2.35. The Morgan fingerprint density at radius 1 is 1.33 bits per heavy atom. The number of primary amides is 1. The zero-order valence-corrected chi connectivity index (χ0v) is 13.9. The molecule has 8 heteroatoms. The maximum Gasteiger partial charge on any atom is 0.317 e. The van der Waals surface area contributed by atoms with Crippen LogP contribution in [0.1, 0.15) is 18.4 Å². The van der Waals surface area contributed by atoms with Crippen LogP contribution in [-0.2, 0) is 16.1 Å². The second-order valence-corrected chi connectivity index (χ2v) is 5.67. The molecule has 24 heavy (non-hydrogen) atoms. The van der Waals surface area contributed by atoms with Crippen LogP contribution in [0.4, 0.5) is 4.79 Å². The number of nitrogens with one attached hydrogen (secondary N) is 1. The van der Waals surface area contributed by atoms with Crippen LogP contribution in [0.25, 0.3) is 0 Å². The lowest BCUT2D eigenvalue weighted by atomic mass is 9.96. The van der Waals surface area contributed by atoms with Gasteiger partial charge < -0.3 is 25.4 Å². The van der Waals surface area contributed by atoms with Crippen molar-refractivity contribution >= 4 is 11.9 Å². The maximum atomic E-state index is 12.1. The number of nitrogens with zero attached hydrogens (tertiary/aromatic N) is 2. The predicted octanol–water partition coefficient (Wildman–Crippen LogP) is 0.514. The summed E-state index contributed by atoms with van der Waals surface area (Å²) in [5, 5.41) is 2.85. The van der Waals surface area contributed by atoms with Crippen LogP contribution >= 0.6 is 0 Å². The Labute approximate surface area is 141 Å². The average molecular weight is 336 g/mol. The second-order valence-electron chi connectivity index (χ2n) is 5.67. The van der Waals surface area contributed by atoms with Crippen LogP contribution in [-0.4, -0.2) is 55.2 Å². The maximum absolute atomic E-state index is 12.1. The fraction of sp³-hybridized carbons (Fsp3) is 0.562. The number of piperidine rings is 1. The fourth-order valence-corrected chi connectivity index (χ4v) is 2.49. The monoisotopic (exact) mass is 336 g/mol. The summed E-state index contributed by atoms with van der Waals surface area (Å²) in [4.78, 5) is 29.1. The number of nitrogens with two attached hydrogens (primary N) is 1. The number of rotatable bonds is 7. The van der Waals surface area contributed by atoms with E-state index in [9.17, 15) is 9.59 Å². The van der Waals surface area contributed by atoms with Crippen LogP contribution in [0.5, 0.6) is 5.88 Å². The molecule has 132 valence electrons. The zero-order chi connectivity index (χ0) is 17.4. The van der Waals surface area contributed by atoms with E-state index in [-0.39, 0.29) is 17.9 Å². The van der Waals surface area contributed by atoms with E-state index >= 15 is 0 Å². The van der Waals surface area contributed by atoms with E-state index in [0.29, 0.717) is 51.6 Å². The normalized spacial score (nSPS) is 15.1. The van der Waals surface area contributed by atoms with Gasteiger partial charge in [0.15, 0.2) is 0 Å². The van der Waals surface area contributed by atoms with Crippen molar-refractivity contribution in [1.82, 2.24) is 15.2 Å². The minimum Gasteiger partial charge on any atom is -0.475 e. The minimum absolute atomic E-state index is 0.121. The van der Waals surface area contributed by atoms with Crippen molar-refractivity contribution in [3.8, 4) is 5.88 Å². The summed E-state index contributed by atoms with van der Waals surface area (Å²) in [6.45, 7) is 2.43. The highest BCUT2D eigenvalue weighted by Crippen LogP contribution is 2.16. The van der Waals surface area contributed by atoms with Gasteiger partial charge in [-0.3, -0.25) is 4.79 Å². The summed E-state index contributed by atoms with van der Waals surface area (Å²) in [6.07, 6.45) is 2.91. The molecule has 0 aromatic carbocycles. The summed E-state index contributed by atoms with van der Waals surface area (Å²) in [7, 11) is 1.61. The number of hydrogen-bond donors (Lipinski definition) is 2. The van der Waals surface area contributed by atoms with Crippen molar-refractivity contribution in [3.05, 3.63) is 23.9 Å². The summed E-state index contributed by atoms with van der Waals surface area (Å²) >= 11 is 0. The Morgan fingerprint density at radius 2 is 2.08 bits per heavy atom. The van der Waals surface area contributed by atoms with E-state index in [0.717, 1.165) is 5.56 Å². The first-order valence-corrected chi connectivity index (χ1v) is 7.99. The molecule has 0 unspecified atom stereocenters. The number of carbonyl (C=O) groups excluding carboxylic acids is 2. The number of hydrogen-bond acceptors (Lipinski definition) is 5. The number of urea groups is 1. The molecule has 8 nitrogen and oxygen atoms in total. The van der Waals surface area contributed by atoms with Gasteiger partial charge in [0.2, 0.25) is 11.8 Å². The first-order chi connectivity index (χ1) is 11.6. The molecule has 0 spiro atoms. The minimum atomic E-state index is -0.283. The number of methoxy groups -OCH3 is 1. The molecule has 0 aliphatic carbocycles. The number of pyridine rings is 1. The molecule has 2 rings (SSSR count). The average Bonchev–Trinajstić information content (AvgIpc) is 2.61. The fourth-order valence-electron chi connectivity index (χ4n) is 2.49. The number of likely N-dealkylation sites (tertiary alicyclic amines) is 1. The summed E-state index contributed by atoms with van der Waals surface area (Å²) in [6, 6.07) is 3.47. The third kappa shape index (κ3) is 5.38. The van der Waals surface area contributed by atoms with Crippen LogP contribution in [0.2, 0.25) is 0 Å². The van der Waals surface area contributed by atoms with Gasteiger partial charge >= 0.3 is 6.03 Å². The molecule has 1 aromatic rings. The number of amides is 3. The van der Waals surface area contributed by atoms with Crippen LogP contribution in [0.3, 0.4) is 0 Å². The van der Waals surface area contributed by atoms with Gasteiger partial charge in [0.1, 0.15) is 6.61 Å². The first-order valence-electron chi connectivity index (χ1n) is 7.99. The molecule has 0 saturated carbocycles. The molecule has 3 amide bonds. The molecule has 1 fully saturated rings. The largest absolute Gasteiger partial charge is 0.475 e. The molecule has 0 bridgehead atoms. The zero-order valence-electron chi connectivity index (χ0n) is 13.9. The van der Waals surface area contributed by atoms with Crippen molar-refractivity contribution in [2.45, 2.75) is 19.4 Å². The van der Waals surface area contributed by atoms with Gasteiger partial charge in [0.05, 0.1) is 6.61 Å². The third-order valence-electron chi connectivity index (χ3n) is 3.96. The summed E-state index contributed by atoms with van der Waals surface area (Å²) in [5.74, 6) is 0.119. The SMILES string of the molecule is COCCOc1ccc(CNC(=O)N2CCC(C(N)=O)CC2)cn1. The Bertz CT molecular complexity index is 542. The summed E-state index contributed by atoms with van der Waals surface area (Å²) in [5.41, 5.74) is 6.18. The van der Waals surface area contributed by atoms with Crippen LogP contribution in [0, 0.1) is 5.92 Å². The lowest BCUT2D eigenvalue weighted by Gasteiger charge is -2.30. The van der Waals surface area contributed by atoms with Gasteiger partial charge in [0.25, 0.3) is 0 Å². The van der Waals surface area contributed by atoms with E-state index < -0.39 is 0 Å². The first kappa shape index (κ1) is 18.0. The molecule has 1 saturated heterocycles. The number of carbonyl (C=O) groups is 2. The quantitative estimate of drug-likeness (QED) is 0.706. The molecule has 3 N–H and O–H groups in total. The van der Waals surface area contributed by atoms with Crippen LogP contribution in [0.15, 0.2) is 18.3 Å². The summed E-state index contributed by atoms with van der Waals surface area (Å²) < 4.78 is 10.3. The van der Waals surface area contributed by atoms with Crippen molar-refractivity contribution in [2.75, 3.05) is 33.4 Å². The molecular weight excluding hydrogens is 312 g/mol. The molecule has 1 aliphatic heterocycles. The van der Waals surface area contributed by atoms with Gasteiger partial charge in [-0.15, -0.1) is 0 Å². The molecule has 1 aromatic heterocycles. The van der Waals surface area contributed by atoms with E-state index in [4.69, 9.17) is 15.2 Å². The van der Waals surface area contributed by atoms with Crippen molar-refractivity contribution in [1.29, 1.82) is 0 Å². The van der Waals surface area contributed by atoms with E-state index in [2.05, 4.69) is 10.3 Å². The van der Waals surface area contributed by atoms with Gasteiger partial charge in [-0.1, -0.05) is 6.07 Å². The standard InChI is InChI=1S/C16H24N4O4/c1-23-8-9-24-14-3-2-12(10-18-14)11-19-16(22)20-6-4-13(5-7-20)15(17)21/h2-3,10,13H,4-9,11H2,1H3,(H2,17,21)(H,19,22). The lowest BCUT2D eigenvalue weighted by Crippen LogP contribution is -2.46. The van der Waals surface area contributed by atoms with Gasteiger partial charge in [-0.05, 0) is 18.4 Å². The Balaban J connectivity index is 1.73. The van der Waals surface area contributed by atoms with Gasteiger partial charge in [-0.2, -0.15) is 0 Å². The van der Waals surface area contributed by atoms with Crippen LogP contribution < -0.4 is 15.8 Å². The van der Waals surface area contributed by atoms with E-state index in [1.807, 2.05) is 6.07 Å². The third-order valence-corrected chi connectivity index (χ3v) is 3.96.